The van der Waals surface area contributed by atoms with Gasteiger partial charge in [0.2, 0.25) is 5.91 Å². The maximum atomic E-state index is 13.2. The predicted molar refractivity (Wildman–Crippen MR) is 92.4 cm³/mol. The van der Waals surface area contributed by atoms with Gasteiger partial charge in [-0.05, 0) is 55.1 Å². The number of amides is 1. The summed E-state index contributed by atoms with van der Waals surface area (Å²) in [7, 11) is 0. The first-order chi connectivity index (χ1) is 11.7. The fourth-order valence-corrected chi connectivity index (χ4v) is 3.93. The van der Waals surface area contributed by atoms with E-state index >= 15 is 0 Å². The minimum atomic E-state index is -0.215. The Balaban J connectivity index is 1.48. The predicted octanol–water partition coefficient (Wildman–Crippen LogP) is 3.55. The van der Waals surface area contributed by atoms with E-state index in [0.29, 0.717) is 6.54 Å². The summed E-state index contributed by atoms with van der Waals surface area (Å²) in [4.78, 5) is 17.0. The molecule has 0 aliphatic carbocycles. The molecule has 1 amide bonds. The molecule has 4 rings (SSSR count). The lowest BCUT2D eigenvalue weighted by molar-refractivity contribution is -0.119. The molecule has 4 heteroatoms. The van der Waals surface area contributed by atoms with Crippen LogP contribution in [0.5, 0.6) is 0 Å². The van der Waals surface area contributed by atoms with Crippen molar-refractivity contribution in [1.29, 1.82) is 0 Å². The highest BCUT2D eigenvalue weighted by Gasteiger charge is 2.31. The average molecular weight is 324 g/mol. The van der Waals surface area contributed by atoms with Gasteiger partial charge in [0.25, 0.3) is 0 Å². The monoisotopic (exact) mass is 324 g/mol. The second-order valence-electron chi connectivity index (χ2n) is 6.60. The molecule has 0 spiro atoms. The van der Waals surface area contributed by atoms with Crippen LogP contribution in [0.1, 0.15) is 30.0 Å². The molecule has 0 aromatic heterocycles. The largest absolute Gasteiger partial charge is 0.311 e. The SMILES string of the molecule is O=C(CN1CCC[C@@H]1c1ccc(F)cc1)N1CCc2ccccc21. The number of hydrogen-bond acceptors (Lipinski definition) is 2. The molecule has 0 radical (unpaired) electrons. The van der Waals surface area contributed by atoms with Gasteiger partial charge in [-0.1, -0.05) is 30.3 Å². The summed E-state index contributed by atoms with van der Waals surface area (Å²) in [6.45, 7) is 2.12. The van der Waals surface area contributed by atoms with Gasteiger partial charge >= 0.3 is 0 Å². The first-order valence-electron chi connectivity index (χ1n) is 8.60. The Morgan fingerprint density at radius 1 is 1.08 bits per heavy atom. The van der Waals surface area contributed by atoms with Crippen molar-refractivity contribution in [3.05, 3.63) is 65.5 Å². The molecule has 0 saturated carbocycles. The number of anilines is 1. The van der Waals surface area contributed by atoms with Gasteiger partial charge in [-0.25, -0.2) is 4.39 Å². The summed E-state index contributed by atoms with van der Waals surface area (Å²) in [5, 5.41) is 0. The van der Waals surface area contributed by atoms with Crippen molar-refractivity contribution in [3.8, 4) is 0 Å². The minimum Gasteiger partial charge on any atom is -0.311 e. The third-order valence-electron chi connectivity index (χ3n) is 5.15. The summed E-state index contributed by atoms with van der Waals surface area (Å²) in [6, 6.07) is 15.0. The normalized spacial score (nSPS) is 20.4. The highest BCUT2D eigenvalue weighted by Crippen LogP contribution is 2.33. The molecule has 0 unspecified atom stereocenters. The number of fused-ring (bicyclic) bond motifs is 1. The van der Waals surface area contributed by atoms with Crippen LogP contribution >= 0.6 is 0 Å². The molecule has 24 heavy (non-hydrogen) atoms. The number of carbonyl (C=O) groups is 1. The molecule has 2 heterocycles. The van der Waals surface area contributed by atoms with E-state index in [1.165, 1.54) is 17.7 Å². The number of nitrogens with zero attached hydrogens (tertiary/aromatic N) is 2. The van der Waals surface area contributed by atoms with E-state index in [4.69, 9.17) is 0 Å². The van der Waals surface area contributed by atoms with Crippen molar-refractivity contribution in [2.75, 3.05) is 24.5 Å². The standard InChI is InChI=1S/C20H21FN2O/c21-17-9-7-16(8-10-17)18-6-3-12-22(18)14-20(24)23-13-11-15-4-1-2-5-19(15)23/h1-2,4-5,7-10,18H,3,6,11-14H2/t18-/m1/s1. The third kappa shape index (κ3) is 2.82. The molecule has 1 saturated heterocycles. The molecular weight excluding hydrogens is 303 g/mol. The van der Waals surface area contributed by atoms with Gasteiger partial charge in [0.15, 0.2) is 0 Å². The zero-order chi connectivity index (χ0) is 16.5. The number of para-hydroxylation sites is 1. The maximum absolute atomic E-state index is 13.2. The fourth-order valence-electron chi connectivity index (χ4n) is 3.93. The van der Waals surface area contributed by atoms with E-state index in [1.807, 2.05) is 35.2 Å². The Labute approximate surface area is 141 Å². The van der Waals surface area contributed by atoms with E-state index in [-0.39, 0.29) is 17.8 Å². The Hall–Kier alpha value is -2.20. The first kappa shape index (κ1) is 15.3. The molecule has 2 aliphatic rings. The highest BCUT2D eigenvalue weighted by atomic mass is 19.1. The number of halogens is 1. The third-order valence-corrected chi connectivity index (χ3v) is 5.15. The summed E-state index contributed by atoms with van der Waals surface area (Å²) in [5.74, 6) is -0.0537. The molecule has 1 fully saturated rings. The second kappa shape index (κ2) is 6.36. The van der Waals surface area contributed by atoms with Gasteiger partial charge in [0.05, 0.1) is 6.54 Å². The molecule has 2 aliphatic heterocycles. The molecule has 124 valence electrons. The van der Waals surface area contributed by atoms with E-state index < -0.39 is 0 Å². The van der Waals surface area contributed by atoms with Crippen molar-refractivity contribution in [2.24, 2.45) is 0 Å². The molecule has 3 nitrogen and oxygen atoms in total. The number of carbonyl (C=O) groups excluding carboxylic acids is 1. The molecule has 2 aromatic rings. The van der Waals surface area contributed by atoms with Crippen LogP contribution < -0.4 is 4.90 Å². The van der Waals surface area contributed by atoms with Crippen molar-refractivity contribution in [3.63, 3.8) is 0 Å². The topological polar surface area (TPSA) is 23.6 Å². The summed E-state index contributed by atoms with van der Waals surface area (Å²) in [5.41, 5.74) is 3.41. The number of rotatable bonds is 3. The lowest BCUT2D eigenvalue weighted by Gasteiger charge is -2.27. The van der Waals surface area contributed by atoms with Crippen LogP contribution in [0.15, 0.2) is 48.5 Å². The number of likely N-dealkylation sites (tertiary alicyclic amines) is 1. The van der Waals surface area contributed by atoms with Gasteiger partial charge in [-0.15, -0.1) is 0 Å². The lowest BCUT2D eigenvalue weighted by atomic mass is 10.0. The second-order valence-corrected chi connectivity index (χ2v) is 6.60. The zero-order valence-corrected chi connectivity index (χ0v) is 13.6. The van der Waals surface area contributed by atoms with E-state index in [0.717, 1.165) is 43.6 Å². The molecule has 1 atom stereocenters. The van der Waals surface area contributed by atoms with Crippen LogP contribution in [0.2, 0.25) is 0 Å². The van der Waals surface area contributed by atoms with Gasteiger partial charge < -0.3 is 4.90 Å². The summed E-state index contributed by atoms with van der Waals surface area (Å²) >= 11 is 0. The molecule has 0 bridgehead atoms. The van der Waals surface area contributed by atoms with Crippen molar-refractivity contribution in [2.45, 2.75) is 25.3 Å². The van der Waals surface area contributed by atoms with Gasteiger partial charge in [0, 0.05) is 18.3 Å². The summed E-state index contributed by atoms with van der Waals surface area (Å²) in [6.07, 6.45) is 3.03. The highest BCUT2D eigenvalue weighted by molar-refractivity contribution is 5.96. The van der Waals surface area contributed by atoms with Crippen molar-refractivity contribution >= 4 is 11.6 Å². The minimum absolute atomic E-state index is 0.161. The van der Waals surface area contributed by atoms with E-state index in [1.54, 1.807) is 0 Å². The first-order valence-corrected chi connectivity index (χ1v) is 8.60. The van der Waals surface area contributed by atoms with Gasteiger partial charge in [-0.3, -0.25) is 9.69 Å². The average Bonchev–Trinajstić information content (AvgIpc) is 3.22. The Kier molecular flexibility index (Phi) is 4.07. The van der Waals surface area contributed by atoms with Crippen LogP contribution in [-0.4, -0.2) is 30.4 Å². The smallest absolute Gasteiger partial charge is 0.241 e. The van der Waals surface area contributed by atoms with Gasteiger partial charge in [0.1, 0.15) is 5.82 Å². The fraction of sp³-hybridized carbons (Fsp3) is 0.350. The Bertz CT molecular complexity index is 744. The van der Waals surface area contributed by atoms with Crippen LogP contribution in [0.4, 0.5) is 10.1 Å². The molecule has 2 aromatic carbocycles. The quantitative estimate of drug-likeness (QED) is 0.862. The van der Waals surface area contributed by atoms with Crippen LogP contribution in [0.25, 0.3) is 0 Å². The lowest BCUT2D eigenvalue weighted by Crippen LogP contribution is -2.39. The van der Waals surface area contributed by atoms with E-state index in [9.17, 15) is 9.18 Å². The van der Waals surface area contributed by atoms with E-state index in [2.05, 4.69) is 11.0 Å². The van der Waals surface area contributed by atoms with Gasteiger partial charge in [-0.2, -0.15) is 0 Å². The summed E-state index contributed by atoms with van der Waals surface area (Å²) < 4.78 is 13.2. The number of hydrogen-bond donors (Lipinski definition) is 0. The van der Waals surface area contributed by atoms with Crippen LogP contribution in [-0.2, 0) is 11.2 Å². The molecular formula is C20H21FN2O. The van der Waals surface area contributed by atoms with Crippen LogP contribution in [0, 0.1) is 5.82 Å². The number of benzene rings is 2. The Morgan fingerprint density at radius 2 is 1.88 bits per heavy atom. The zero-order valence-electron chi connectivity index (χ0n) is 13.6. The van der Waals surface area contributed by atoms with Crippen molar-refractivity contribution in [1.82, 2.24) is 4.90 Å². The molecule has 0 N–H and O–H groups in total. The van der Waals surface area contributed by atoms with Crippen molar-refractivity contribution < 1.29 is 9.18 Å². The maximum Gasteiger partial charge on any atom is 0.241 e. The Morgan fingerprint density at radius 3 is 2.71 bits per heavy atom. The van der Waals surface area contributed by atoms with Crippen LogP contribution in [0.3, 0.4) is 0 Å².